The molecule has 0 fully saturated rings. The van der Waals surface area contributed by atoms with Crippen LogP contribution in [0.3, 0.4) is 0 Å². The van der Waals surface area contributed by atoms with Crippen LogP contribution in [0.4, 0.5) is 11.4 Å². The zero-order valence-electron chi connectivity index (χ0n) is 8.04. The van der Waals surface area contributed by atoms with Gasteiger partial charge in [0, 0.05) is 0 Å². The minimum Gasteiger partial charge on any atom is -0.508 e. The molecule has 0 spiro atoms. The van der Waals surface area contributed by atoms with E-state index in [1.807, 2.05) is 18.2 Å². The highest BCUT2D eigenvalue weighted by Crippen LogP contribution is 2.24. The smallest absolute Gasteiger partial charge is 0.115 e. The average Bonchev–Trinajstić information content (AvgIpc) is 2.30. The van der Waals surface area contributed by atoms with Crippen molar-refractivity contribution in [2.24, 2.45) is 0 Å². The van der Waals surface area contributed by atoms with Gasteiger partial charge in [0.1, 0.15) is 5.75 Å². The zero-order valence-corrected chi connectivity index (χ0v) is 8.04. The first kappa shape index (κ1) is 9.55. The monoisotopic (exact) mass is 201 g/mol. The Morgan fingerprint density at radius 3 is 1.87 bits per heavy atom. The van der Waals surface area contributed by atoms with Crippen molar-refractivity contribution in [3.05, 3.63) is 54.6 Å². The Hall–Kier alpha value is -2.00. The van der Waals surface area contributed by atoms with Crippen LogP contribution in [0.5, 0.6) is 5.75 Å². The zero-order chi connectivity index (χ0) is 10.7. The van der Waals surface area contributed by atoms with Crippen molar-refractivity contribution < 1.29 is 10.3 Å². The van der Waals surface area contributed by atoms with Crippen molar-refractivity contribution in [2.75, 3.05) is 5.06 Å². The number of anilines is 2. The quantitative estimate of drug-likeness (QED) is 0.734. The van der Waals surface area contributed by atoms with Crippen LogP contribution in [0.1, 0.15) is 0 Å². The molecule has 3 heteroatoms. The maximum absolute atomic E-state index is 9.83. The van der Waals surface area contributed by atoms with E-state index >= 15 is 0 Å². The molecule has 0 aliphatic heterocycles. The molecule has 15 heavy (non-hydrogen) atoms. The summed E-state index contributed by atoms with van der Waals surface area (Å²) in [5.74, 6) is 0.181. The molecule has 0 aliphatic carbocycles. The first-order valence-corrected chi connectivity index (χ1v) is 4.60. The van der Waals surface area contributed by atoms with E-state index in [0.717, 1.165) is 5.06 Å². The summed E-state index contributed by atoms with van der Waals surface area (Å²) < 4.78 is 0. The number of phenolic OH excluding ortho intramolecular Hbond substituents is 1. The number of hydrogen-bond donors (Lipinski definition) is 2. The summed E-state index contributed by atoms with van der Waals surface area (Å²) in [5, 5.41) is 20.0. The SMILES string of the molecule is Oc1ccc(N(O)c2ccccc2)cc1. The Morgan fingerprint density at radius 1 is 0.733 bits per heavy atom. The maximum atomic E-state index is 9.83. The van der Waals surface area contributed by atoms with Gasteiger partial charge in [0.15, 0.2) is 0 Å². The summed E-state index contributed by atoms with van der Waals surface area (Å²) in [5.41, 5.74) is 1.29. The van der Waals surface area contributed by atoms with Crippen LogP contribution in [0.2, 0.25) is 0 Å². The molecule has 76 valence electrons. The van der Waals surface area contributed by atoms with Crippen molar-refractivity contribution in [1.29, 1.82) is 0 Å². The van der Waals surface area contributed by atoms with Gasteiger partial charge in [-0.1, -0.05) is 18.2 Å². The molecule has 3 nitrogen and oxygen atoms in total. The second kappa shape index (κ2) is 4.02. The van der Waals surface area contributed by atoms with Crippen LogP contribution < -0.4 is 5.06 Å². The summed E-state index contributed by atoms with van der Waals surface area (Å²) in [4.78, 5) is 0. The van der Waals surface area contributed by atoms with Crippen LogP contribution in [0.15, 0.2) is 54.6 Å². The van der Waals surface area contributed by atoms with Gasteiger partial charge < -0.3 is 5.11 Å². The molecule has 0 atom stereocenters. The van der Waals surface area contributed by atoms with E-state index in [1.165, 1.54) is 12.1 Å². The van der Waals surface area contributed by atoms with Crippen LogP contribution >= 0.6 is 0 Å². The lowest BCUT2D eigenvalue weighted by molar-refractivity contribution is 0.301. The Kier molecular flexibility index (Phi) is 2.56. The van der Waals surface area contributed by atoms with E-state index in [9.17, 15) is 5.21 Å². The molecule has 2 aromatic rings. The van der Waals surface area contributed by atoms with Gasteiger partial charge in [0.25, 0.3) is 0 Å². The Labute approximate surface area is 87.8 Å². The van der Waals surface area contributed by atoms with Gasteiger partial charge >= 0.3 is 0 Å². The molecular formula is C12H11NO2. The summed E-state index contributed by atoms with van der Waals surface area (Å²) in [6.45, 7) is 0. The van der Waals surface area contributed by atoms with Crippen molar-refractivity contribution in [1.82, 2.24) is 0 Å². The lowest BCUT2D eigenvalue weighted by Gasteiger charge is -2.16. The molecule has 0 bridgehead atoms. The van der Waals surface area contributed by atoms with Gasteiger partial charge in [-0.15, -0.1) is 0 Å². The van der Waals surface area contributed by atoms with Crippen LogP contribution in [-0.4, -0.2) is 10.3 Å². The molecular weight excluding hydrogens is 190 g/mol. The fraction of sp³-hybridized carbons (Fsp3) is 0. The van der Waals surface area contributed by atoms with Gasteiger partial charge in [-0.3, -0.25) is 5.21 Å². The number of benzene rings is 2. The van der Waals surface area contributed by atoms with Crippen LogP contribution in [0.25, 0.3) is 0 Å². The van der Waals surface area contributed by atoms with E-state index in [2.05, 4.69) is 0 Å². The molecule has 0 saturated carbocycles. The van der Waals surface area contributed by atoms with Crippen LogP contribution in [-0.2, 0) is 0 Å². The first-order valence-electron chi connectivity index (χ1n) is 4.60. The summed E-state index contributed by atoms with van der Waals surface area (Å²) in [6, 6.07) is 15.5. The van der Waals surface area contributed by atoms with Gasteiger partial charge in [-0.2, -0.15) is 0 Å². The molecule has 0 radical (unpaired) electrons. The highest BCUT2D eigenvalue weighted by Gasteiger charge is 2.04. The molecule has 0 amide bonds. The highest BCUT2D eigenvalue weighted by molar-refractivity contribution is 5.60. The van der Waals surface area contributed by atoms with Gasteiger partial charge in [-0.05, 0) is 36.4 Å². The van der Waals surface area contributed by atoms with Gasteiger partial charge in [0.05, 0.1) is 11.4 Å². The predicted octanol–water partition coefficient (Wildman–Crippen LogP) is 2.92. The van der Waals surface area contributed by atoms with Crippen molar-refractivity contribution in [3.8, 4) is 5.75 Å². The van der Waals surface area contributed by atoms with E-state index in [4.69, 9.17) is 5.11 Å². The lowest BCUT2D eigenvalue weighted by atomic mass is 10.2. The van der Waals surface area contributed by atoms with Crippen molar-refractivity contribution >= 4 is 11.4 Å². The fourth-order valence-electron chi connectivity index (χ4n) is 1.31. The molecule has 0 heterocycles. The second-order valence-corrected chi connectivity index (χ2v) is 3.16. The minimum atomic E-state index is 0.181. The number of phenols is 1. The minimum absolute atomic E-state index is 0.181. The number of aromatic hydroxyl groups is 1. The maximum Gasteiger partial charge on any atom is 0.115 e. The third-order valence-corrected chi connectivity index (χ3v) is 2.10. The summed E-state index contributed by atoms with van der Waals surface area (Å²) in [7, 11) is 0. The number of rotatable bonds is 2. The van der Waals surface area contributed by atoms with Crippen molar-refractivity contribution in [2.45, 2.75) is 0 Å². The third kappa shape index (κ3) is 2.08. The molecule has 0 aliphatic rings. The largest absolute Gasteiger partial charge is 0.508 e. The second-order valence-electron chi connectivity index (χ2n) is 3.16. The van der Waals surface area contributed by atoms with E-state index in [0.29, 0.717) is 11.4 Å². The van der Waals surface area contributed by atoms with E-state index < -0.39 is 0 Å². The Bertz CT molecular complexity index is 425. The third-order valence-electron chi connectivity index (χ3n) is 2.10. The van der Waals surface area contributed by atoms with E-state index in [1.54, 1.807) is 24.3 Å². The average molecular weight is 201 g/mol. The Morgan fingerprint density at radius 2 is 1.27 bits per heavy atom. The number of nitrogens with zero attached hydrogens (tertiary/aromatic N) is 1. The summed E-state index contributed by atoms with van der Waals surface area (Å²) in [6.07, 6.45) is 0. The topological polar surface area (TPSA) is 43.7 Å². The van der Waals surface area contributed by atoms with Crippen LogP contribution in [0, 0.1) is 0 Å². The molecule has 0 saturated heterocycles. The molecule has 2 N–H and O–H groups in total. The van der Waals surface area contributed by atoms with Crippen molar-refractivity contribution in [3.63, 3.8) is 0 Å². The molecule has 2 rings (SSSR count). The van der Waals surface area contributed by atoms with Gasteiger partial charge in [0.2, 0.25) is 0 Å². The Balaban J connectivity index is 2.29. The number of para-hydroxylation sites is 1. The molecule has 2 aromatic carbocycles. The normalized spacial score (nSPS) is 9.93. The van der Waals surface area contributed by atoms with Gasteiger partial charge in [-0.25, -0.2) is 5.06 Å². The molecule has 0 aromatic heterocycles. The lowest BCUT2D eigenvalue weighted by Crippen LogP contribution is -2.09. The van der Waals surface area contributed by atoms with E-state index in [-0.39, 0.29) is 5.75 Å². The highest BCUT2D eigenvalue weighted by atomic mass is 16.5. The summed E-state index contributed by atoms with van der Waals surface area (Å²) >= 11 is 0. The predicted molar refractivity (Wildman–Crippen MR) is 58.5 cm³/mol. The molecule has 0 unspecified atom stereocenters. The first-order chi connectivity index (χ1) is 7.27. The fourth-order valence-corrected chi connectivity index (χ4v) is 1.31. The standard InChI is InChI=1S/C12H11NO2/c14-12-8-6-11(7-9-12)13(15)10-4-2-1-3-5-10/h1-9,14-15H. The number of hydrogen-bond acceptors (Lipinski definition) is 3.